The molecule has 0 spiro atoms. The predicted molar refractivity (Wildman–Crippen MR) is 145 cm³/mol. The largest absolute Gasteiger partial charge is 0.478 e. The monoisotopic (exact) mass is 566 g/mol. The Balaban J connectivity index is 1.27. The summed E-state index contributed by atoms with van der Waals surface area (Å²) >= 11 is 0. The quantitative estimate of drug-likeness (QED) is 0.0805. The van der Waals surface area contributed by atoms with Crippen LogP contribution in [0.2, 0.25) is 0 Å². The number of ether oxygens (including phenoxy) is 1. The summed E-state index contributed by atoms with van der Waals surface area (Å²) in [5.74, 6) is -3.18. The minimum absolute atomic E-state index is 0.0991. The second-order valence-corrected chi connectivity index (χ2v) is 9.57. The third-order valence-corrected chi connectivity index (χ3v) is 6.80. The molecule has 0 bridgehead atoms. The number of nitrogens with zero attached hydrogens (tertiary/aromatic N) is 3. The summed E-state index contributed by atoms with van der Waals surface area (Å²) in [6.07, 6.45) is -2.92. The molecule has 0 aromatic heterocycles. The van der Waals surface area contributed by atoms with Gasteiger partial charge < -0.3 is 41.4 Å². The summed E-state index contributed by atoms with van der Waals surface area (Å²) in [7, 11) is 0. The van der Waals surface area contributed by atoms with Crippen molar-refractivity contribution in [2.24, 2.45) is 15.9 Å². The third-order valence-electron chi connectivity index (χ3n) is 6.80. The molecule has 216 valence electrons. The van der Waals surface area contributed by atoms with Crippen LogP contribution >= 0.6 is 0 Å². The molecule has 4 rings (SSSR count). The second kappa shape index (κ2) is 12.6. The average molecular weight is 567 g/mol. The standard InChI is InChI=1S/C27H30N6O8/c1-14(29-23(35)16-8-6-15(7-9-16)22(28)32-40)26(37)33-12-10-17(11-13-33)41-25(27(38)39)31-24(36)20-21(34)18-4-2-3-5-19(18)30-20/h2-9,14,17,21,25,34,40H,10-13H2,1H3,(H2,28,32)(H,29,35)(H,31,36)(H,38,39)/t14?,21?,25-/m0/s1. The highest BCUT2D eigenvalue weighted by Gasteiger charge is 2.35. The summed E-state index contributed by atoms with van der Waals surface area (Å²) < 4.78 is 5.63. The van der Waals surface area contributed by atoms with Gasteiger partial charge in [-0.2, -0.15) is 0 Å². The number of carboxylic acid groups (broad SMARTS) is 1. The van der Waals surface area contributed by atoms with Crippen LogP contribution in [0.5, 0.6) is 0 Å². The number of fused-ring (bicyclic) bond motifs is 1. The smallest absolute Gasteiger partial charge is 0.354 e. The van der Waals surface area contributed by atoms with E-state index in [2.05, 4.69) is 20.8 Å². The van der Waals surface area contributed by atoms with Crippen molar-refractivity contribution in [1.29, 1.82) is 0 Å². The van der Waals surface area contributed by atoms with Gasteiger partial charge in [-0.3, -0.25) is 14.4 Å². The van der Waals surface area contributed by atoms with Crippen molar-refractivity contribution in [3.8, 4) is 0 Å². The van der Waals surface area contributed by atoms with E-state index in [0.29, 0.717) is 29.7 Å². The van der Waals surface area contributed by atoms with Crippen LogP contribution in [0, 0.1) is 0 Å². The Morgan fingerprint density at radius 1 is 1.02 bits per heavy atom. The molecule has 14 nitrogen and oxygen atoms in total. The molecular formula is C27H30N6O8. The summed E-state index contributed by atoms with van der Waals surface area (Å²) in [6.45, 7) is 2.06. The van der Waals surface area contributed by atoms with Crippen molar-refractivity contribution >= 4 is 40.9 Å². The number of benzene rings is 2. The van der Waals surface area contributed by atoms with E-state index in [4.69, 9.17) is 15.7 Å². The molecule has 41 heavy (non-hydrogen) atoms. The van der Waals surface area contributed by atoms with E-state index in [-0.39, 0.29) is 36.1 Å². The zero-order valence-electron chi connectivity index (χ0n) is 22.1. The van der Waals surface area contributed by atoms with Gasteiger partial charge in [0.05, 0.1) is 11.8 Å². The Hall–Kier alpha value is -4.82. The number of likely N-dealkylation sites (tertiary alicyclic amines) is 1. The van der Waals surface area contributed by atoms with Crippen LogP contribution in [0.1, 0.15) is 47.4 Å². The molecule has 2 aliphatic heterocycles. The van der Waals surface area contributed by atoms with Gasteiger partial charge in [0.15, 0.2) is 5.84 Å². The van der Waals surface area contributed by atoms with Crippen LogP contribution in [0.4, 0.5) is 5.69 Å². The van der Waals surface area contributed by atoms with E-state index in [0.717, 1.165) is 0 Å². The first kappa shape index (κ1) is 29.2. The summed E-state index contributed by atoms with van der Waals surface area (Å²) in [6, 6.07) is 11.8. The highest BCUT2D eigenvalue weighted by molar-refractivity contribution is 6.42. The number of aliphatic imine (C=N–C) groups is 1. The highest BCUT2D eigenvalue weighted by atomic mass is 16.5. The number of piperidine rings is 1. The minimum Gasteiger partial charge on any atom is -0.478 e. The van der Waals surface area contributed by atoms with Gasteiger partial charge in [-0.15, -0.1) is 0 Å². The van der Waals surface area contributed by atoms with Gasteiger partial charge in [-0.25, -0.2) is 9.79 Å². The molecule has 0 aliphatic carbocycles. The number of carbonyl (C=O) groups excluding carboxylic acids is 3. The number of hydrogen-bond acceptors (Lipinski definition) is 9. The zero-order chi connectivity index (χ0) is 29.7. The number of rotatable bonds is 9. The van der Waals surface area contributed by atoms with Gasteiger partial charge in [0, 0.05) is 29.8 Å². The van der Waals surface area contributed by atoms with E-state index < -0.39 is 42.3 Å². The van der Waals surface area contributed by atoms with Gasteiger partial charge in [0.1, 0.15) is 17.9 Å². The van der Waals surface area contributed by atoms with E-state index >= 15 is 0 Å². The van der Waals surface area contributed by atoms with Gasteiger partial charge >= 0.3 is 5.97 Å². The molecule has 1 fully saturated rings. The molecule has 2 heterocycles. The number of amides is 3. The SMILES string of the molecule is CC(NC(=O)c1ccc(/C(N)=N/O)cc1)C(=O)N1CCC(O[C@H](NC(=O)C2=Nc3ccccc3C2O)C(=O)O)CC1. The van der Waals surface area contributed by atoms with Crippen molar-refractivity contribution in [2.75, 3.05) is 13.1 Å². The van der Waals surface area contributed by atoms with Crippen molar-refractivity contribution in [2.45, 2.75) is 44.2 Å². The highest BCUT2D eigenvalue weighted by Crippen LogP contribution is 2.33. The maximum absolute atomic E-state index is 12.9. The first-order valence-corrected chi connectivity index (χ1v) is 12.8. The molecule has 7 N–H and O–H groups in total. The van der Waals surface area contributed by atoms with Crippen molar-refractivity contribution in [3.63, 3.8) is 0 Å². The molecule has 2 aromatic rings. The maximum atomic E-state index is 12.9. The topological polar surface area (TPSA) is 216 Å². The summed E-state index contributed by atoms with van der Waals surface area (Å²) in [5.41, 5.74) is 6.88. The first-order chi connectivity index (χ1) is 19.6. The Morgan fingerprint density at radius 2 is 1.66 bits per heavy atom. The Bertz CT molecular complexity index is 1380. The van der Waals surface area contributed by atoms with E-state index in [1.54, 1.807) is 36.1 Å². The van der Waals surface area contributed by atoms with Crippen molar-refractivity contribution < 1.29 is 39.3 Å². The minimum atomic E-state index is -1.68. The molecule has 2 aliphatic rings. The van der Waals surface area contributed by atoms with Gasteiger partial charge in [-0.1, -0.05) is 35.5 Å². The fourth-order valence-corrected chi connectivity index (χ4v) is 4.55. The number of nitrogens with one attached hydrogen (secondary N) is 2. The molecule has 0 radical (unpaired) electrons. The predicted octanol–water partition coefficient (Wildman–Crippen LogP) is 0.254. The number of hydrogen-bond donors (Lipinski definition) is 6. The van der Waals surface area contributed by atoms with Gasteiger partial charge in [-0.05, 0) is 38.0 Å². The summed E-state index contributed by atoms with van der Waals surface area (Å²) in [4.78, 5) is 55.6. The summed E-state index contributed by atoms with van der Waals surface area (Å²) in [5, 5.41) is 36.6. The zero-order valence-corrected chi connectivity index (χ0v) is 22.1. The Labute approximate surface area is 234 Å². The maximum Gasteiger partial charge on any atom is 0.354 e. The van der Waals surface area contributed by atoms with Gasteiger partial charge in [0.25, 0.3) is 11.8 Å². The number of carboxylic acids is 1. The third kappa shape index (κ3) is 6.67. The molecular weight excluding hydrogens is 536 g/mol. The van der Waals surface area contributed by atoms with Crippen LogP contribution in [-0.4, -0.2) is 87.0 Å². The molecule has 14 heteroatoms. The number of oxime groups is 1. The Morgan fingerprint density at radius 3 is 2.27 bits per heavy atom. The lowest BCUT2D eigenvalue weighted by Gasteiger charge is -2.34. The molecule has 2 unspecified atom stereocenters. The number of amidine groups is 1. The molecule has 3 atom stereocenters. The normalized spacial score (nSPS) is 18.6. The lowest BCUT2D eigenvalue weighted by Crippen LogP contribution is -2.52. The first-order valence-electron chi connectivity index (χ1n) is 12.8. The van der Waals surface area contributed by atoms with Crippen LogP contribution in [0.15, 0.2) is 58.7 Å². The lowest BCUT2D eigenvalue weighted by molar-refractivity contribution is -0.162. The number of aliphatic hydroxyl groups is 1. The van der Waals surface area contributed by atoms with E-state index in [1.165, 1.54) is 24.3 Å². The van der Waals surface area contributed by atoms with Crippen LogP contribution in [-0.2, 0) is 19.1 Å². The van der Waals surface area contributed by atoms with Crippen LogP contribution < -0.4 is 16.4 Å². The lowest BCUT2D eigenvalue weighted by atomic mass is 10.1. The van der Waals surface area contributed by atoms with Crippen molar-refractivity contribution in [1.82, 2.24) is 15.5 Å². The fourth-order valence-electron chi connectivity index (χ4n) is 4.55. The van der Waals surface area contributed by atoms with Gasteiger partial charge in [0.2, 0.25) is 12.1 Å². The average Bonchev–Trinajstić information content (AvgIpc) is 3.32. The fraction of sp³-hybridized carbons (Fsp3) is 0.333. The van der Waals surface area contributed by atoms with Crippen molar-refractivity contribution in [3.05, 3.63) is 65.2 Å². The molecule has 3 amide bonds. The second-order valence-electron chi connectivity index (χ2n) is 9.57. The number of carbonyl (C=O) groups is 4. The number of aliphatic hydroxyl groups excluding tert-OH is 1. The number of nitrogens with two attached hydrogens (primary N) is 1. The molecule has 1 saturated heterocycles. The Kier molecular flexibility index (Phi) is 8.94. The number of aliphatic carboxylic acids is 1. The number of para-hydroxylation sites is 1. The van der Waals surface area contributed by atoms with Crippen LogP contribution in [0.25, 0.3) is 0 Å². The van der Waals surface area contributed by atoms with E-state index in [1.807, 2.05) is 0 Å². The van der Waals surface area contributed by atoms with Crippen LogP contribution in [0.3, 0.4) is 0 Å². The van der Waals surface area contributed by atoms with E-state index in [9.17, 15) is 29.4 Å². The molecule has 2 aromatic carbocycles. The molecule has 0 saturated carbocycles.